The lowest BCUT2D eigenvalue weighted by Gasteiger charge is -2.07. The highest BCUT2D eigenvalue weighted by Crippen LogP contribution is 2.33. The highest BCUT2D eigenvalue weighted by Gasteiger charge is 2.19. The molecular formula is C13H12N2O5. The SMILES string of the molecule is O=C(CCc1ccco1)Nc1c(O)cccc1[N+](=O)[O-]. The number of nitrogens with zero attached hydrogens (tertiary/aromatic N) is 1. The number of aryl methyl sites for hydroxylation is 1. The van der Waals surface area contributed by atoms with Crippen molar-refractivity contribution >= 4 is 17.3 Å². The van der Waals surface area contributed by atoms with Crippen molar-refractivity contribution in [3.63, 3.8) is 0 Å². The number of anilines is 1. The molecule has 0 atom stereocenters. The zero-order valence-electron chi connectivity index (χ0n) is 10.4. The summed E-state index contributed by atoms with van der Waals surface area (Å²) in [5.41, 5.74) is -0.543. The van der Waals surface area contributed by atoms with E-state index >= 15 is 0 Å². The van der Waals surface area contributed by atoms with Gasteiger partial charge in [0.05, 0.1) is 11.2 Å². The van der Waals surface area contributed by atoms with Crippen LogP contribution in [-0.2, 0) is 11.2 Å². The van der Waals surface area contributed by atoms with E-state index in [-0.39, 0.29) is 23.5 Å². The van der Waals surface area contributed by atoms with Crippen LogP contribution in [0.3, 0.4) is 0 Å². The van der Waals surface area contributed by atoms with Crippen molar-refractivity contribution in [3.05, 3.63) is 52.5 Å². The molecule has 1 amide bonds. The third kappa shape index (κ3) is 3.14. The van der Waals surface area contributed by atoms with Crippen LogP contribution < -0.4 is 5.32 Å². The normalized spacial score (nSPS) is 10.2. The molecule has 1 heterocycles. The van der Waals surface area contributed by atoms with Crippen LogP contribution in [0.2, 0.25) is 0 Å². The molecule has 0 saturated carbocycles. The number of phenolic OH excluding ortho intramolecular Hbond substituents is 1. The van der Waals surface area contributed by atoms with Gasteiger partial charge in [0.1, 0.15) is 11.5 Å². The number of aromatic hydroxyl groups is 1. The molecule has 0 bridgehead atoms. The number of nitro groups is 1. The monoisotopic (exact) mass is 276 g/mol. The fourth-order valence-electron chi connectivity index (χ4n) is 1.70. The van der Waals surface area contributed by atoms with Crippen LogP contribution in [-0.4, -0.2) is 15.9 Å². The van der Waals surface area contributed by atoms with E-state index in [9.17, 15) is 20.0 Å². The number of hydrogen-bond donors (Lipinski definition) is 2. The van der Waals surface area contributed by atoms with E-state index in [1.807, 2.05) is 0 Å². The molecule has 20 heavy (non-hydrogen) atoms. The number of carbonyl (C=O) groups excluding carboxylic acids is 1. The van der Waals surface area contributed by atoms with Gasteiger partial charge in [0.2, 0.25) is 5.91 Å². The number of para-hydroxylation sites is 1. The summed E-state index contributed by atoms with van der Waals surface area (Å²) in [6, 6.07) is 7.26. The molecule has 0 radical (unpaired) electrons. The molecule has 7 heteroatoms. The molecule has 1 aromatic heterocycles. The van der Waals surface area contributed by atoms with Gasteiger partial charge in [-0.05, 0) is 18.2 Å². The van der Waals surface area contributed by atoms with Gasteiger partial charge in [-0.15, -0.1) is 0 Å². The summed E-state index contributed by atoms with van der Waals surface area (Å²) in [5.74, 6) is -0.136. The molecule has 104 valence electrons. The molecule has 2 rings (SSSR count). The molecular weight excluding hydrogens is 264 g/mol. The summed E-state index contributed by atoms with van der Waals surface area (Å²) < 4.78 is 5.08. The minimum absolute atomic E-state index is 0.0962. The van der Waals surface area contributed by atoms with Gasteiger partial charge >= 0.3 is 0 Å². The van der Waals surface area contributed by atoms with Gasteiger partial charge in [-0.1, -0.05) is 6.07 Å². The lowest BCUT2D eigenvalue weighted by molar-refractivity contribution is -0.384. The van der Waals surface area contributed by atoms with Gasteiger partial charge in [0, 0.05) is 18.9 Å². The molecule has 0 saturated heterocycles. The number of benzene rings is 1. The highest BCUT2D eigenvalue weighted by atomic mass is 16.6. The number of furan rings is 1. The second kappa shape index (κ2) is 5.87. The molecule has 2 aromatic rings. The lowest BCUT2D eigenvalue weighted by Crippen LogP contribution is -2.13. The number of nitrogens with one attached hydrogen (secondary N) is 1. The summed E-state index contributed by atoms with van der Waals surface area (Å²) in [4.78, 5) is 21.9. The number of phenols is 1. The zero-order valence-corrected chi connectivity index (χ0v) is 10.4. The quantitative estimate of drug-likeness (QED) is 0.495. The van der Waals surface area contributed by atoms with Crippen LogP contribution in [0.15, 0.2) is 41.0 Å². The Hall–Kier alpha value is -2.83. The number of amides is 1. The van der Waals surface area contributed by atoms with Gasteiger partial charge in [-0.2, -0.15) is 0 Å². The van der Waals surface area contributed by atoms with Crippen LogP contribution in [0.4, 0.5) is 11.4 Å². The van der Waals surface area contributed by atoms with E-state index in [0.29, 0.717) is 12.2 Å². The molecule has 0 aliphatic heterocycles. The molecule has 0 spiro atoms. The van der Waals surface area contributed by atoms with Crippen LogP contribution >= 0.6 is 0 Å². The predicted molar refractivity (Wildman–Crippen MR) is 70.4 cm³/mol. The Balaban J connectivity index is 2.06. The molecule has 0 unspecified atom stereocenters. The van der Waals surface area contributed by atoms with E-state index in [1.54, 1.807) is 12.1 Å². The minimum Gasteiger partial charge on any atom is -0.505 e. The lowest BCUT2D eigenvalue weighted by atomic mass is 10.2. The van der Waals surface area contributed by atoms with Crippen molar-refractivity contribution in [1.29, 1.82) is 0 Å². The first-order chi connectivity index (χ1) is 9.58. The van der Waals surface area contributed by atoms with Gasteiger partial charge in [-0.3, -0.25) is 14.9 Å². The Morgan fingerprint density at radius 3 is 2.80 bits per heavy atom. The smallest absolute Gasteiger partial charge is 0.296 e. The average molecular weight is 276 g/mol. The van der Waals surface area contributed by atoms with Crippen molar-refractivity contribution in [2.75, 3.05) is 5.32 Å². The summed E-state index contributed by atoms with van der Waals surface area (Å²) in [7, 11) is 0. The number of carbonyl (C=O) groups is 1. The minimum atomic E-state index is -0.665. The maximum absolute atomic E-state index is 11.7. The molecule has 1 aromatic carbocycles. The third-order valence-electron chi connectivity index (χ3n) is 2.66. The molecule has 0 aliphatic rings. The first kappa shape index (κ1) is 13.6. The van der Waals surface area contributed by atoms with Gasteiger partial charge < -0.3 is 14.8 Å². The maximum Gasteiger partial charge on any atom is 0.296 e. The topological polar surface area (TPSA) is 106 Å². The fourth-order valence-corrected chi connectivity index (χ4v) is 1.70. The van der Waals surface area contributed by atoms with Crippen molar-refractivity contribution in [2.45, 2.75) is 12.8 Å². The number of rotatable bonds is 5. The van der Waals surface area contributed by atoms with E-state index in [0.717, 1.165) is 0 Å². The largest absolute Gasteiger partial charge is 0.505 e. The fraction of sp³-hybridized carbons (Fsp3) is 0.154. The Morgan fingerprint density at radius 1 is 1.35 bits per heavy atom. The van der Waals surface area contributed by atoms with Crippen LogP contribution in [0.25, 0.3) is 0 Å². The first-order valence-corrected chi connectivity index (χ1v) is 5.86. The van der Waals surface area contributed by atoms with Crippen molar-refractivity contribution < 1.29 is 19.2 Å². The summed E-state index contributed by atoms with van der Waals surface area (Å²) in [6.45, 7) is 0. The van der Waals surface area contributed by atoms with Crippen molar-refractivity contribution in [2.24, 2.45) is 0 Å². The van der Waals surface area contributed by atoms with Crippen LogP contribution in [0.5, 0.6) is 5.75 Å². The predicted octanol–water partition coefficient (Wildman–Crippen LogP) is 2.46. The highest BCUT2D eigenvalue weighted by molar-refractivity contribution is 5.95. The van der Waals surface area contributed by atoms with E-state index in [1.165, 1.54) is 24.5 Å². The molecule has 0 aliphatic carbocycles. The van der Waals surface area contributed by atoms with Gasteiger partial charge in [0.15, 0.2) is 5.69 Å². The standard InChI is InChI=1S/C13H12N2O5/c16-11-5-1-4-10(15(18)19)13(11)14-12(17)7-6-9-3-2-8-20-9/h1-5,8,16H,6-7H2,(H,14,17). The van der Waals surface area contributed by atoms with Crippen molar-refractivity contribution in [3.8, 4) is 5.75 Å². The van der Waals surface area contributed by atoms with E-state index in [2.05, 4.69) is 5.32 Å². The number of hydrogen-bond acceptors (Lipinski definition) is 5. The Bertz CT molecular complexity index is 622. The third-order valence-corrected chi connectivity index (χ3v) is 2.66. The Morgan fingerprint density at radius 2 is 2.15 bits per heavy atom. The van der Waals surface area contributed by atoms with E-state index < -0.39 is 10.8 Å². The number of nitro benzene ring substituents is 1. The van der Waals surface area contributed by atoms with E-state index in [4.69, 9.17) is 4.42 Å². The molecule has 0 fully saturated rings. The summed E-state index contributed by atoms with van der Waals surface area (Å²) >= 11 is 0. The van der Waals surface area contributed by atoms with Crippen LogP contribution in [0, 0.1) is 10.1 Å². The zero-order chi connectivity index (χ0) is 14.5. The first-order valence-electron chi connectivity index (χ1n) is 5.86. The second-order valence-electron chi connectivity index (χ2n) is 4.06. The average Bonchev–Trinajstić information content (AvgIpc) is 2.91. The maximum atomic E-state index is 11.7. The molecule has 7 nitrogen and oxygen atoms in total. The molecule has 2 N–H and O–H groups in total. The van der Waals surface area contributed by atoms with Crippen molar-refractivity contribution in [1.82, 2.24) is 0 Å². The Labute approximate surface area is 114 Å². The second-order valence-corrected chi connectivity index (χ2v) is 4.06. The summed E-state index contributed by atoms with van der Waals surface area (Å²) in [6.07, 6.45) is 1.97. The summed E-state index contributed by atoms with van der Waals surface area (Å²) in [5, 5.41) is 22.8. The van der Waals surface area contributed by atoms with Gasteiger partial charge in [0.25, 0.3) is 5.69 Å². The van der Waals surface area contributed by atoms with Gasteiger partial charge in [-0.25, -0.2) is 0 Å². The van der Waals surface area contributed by atoms with Crippen LogP contribution in [0.1, 0.15) is 12.2 Å². The Kier molecular flexibility index (Phi) is 3.99.